The average Bonchev–Trinajstić information content (AvgIpc) is 3.05. The molecule has 3 rings (SSSR count). The third-order valence-electron chi connectivity index (χ3n) is 4.68. The molecule has 0 spiro atoms. The third-order valence-corrected chi connectivity index (χ3v) is 5.90. The van der Waals surface area contributed by atoms with E-state index in [4.69, 9.17) is 0 Å². The number of nitrogens with zero attached hydrogens (tertiary/aromatic N) is 5. The summed E-state index contributed by atoms with van der Waals surface area (Å²) in [5, 5.41) is 7.77. The molecule has 0 bridgehead atoms. The number of hydrogen-bond acceptors (Lipinski definition) is 5. The standard InChI is InChI=1S/C16H25N5O2S/c1-19-12-17-18-16(19)24-13(14(22)20-8-4-2-5-9-20)15(23)21-10-6-3-7-11-21/h12-13H,2-11H2,1H3. The lowest BCUT2D eigenvalue weighted by Gasteiger charge is -2.33. The van der Waals surface area contributed by atoms with Crippen LogP contribution in [-0.4, -0.2) is 67.8 Å². The summed E-state index contributed by atoms with van der Waals surface area (Å²) in [5.74, 6) is -0.142. The van der Waals surface area contributed by atoms with E-state index in [1.54, 1.807) is 10.9 Å². The van der Waals surface area contributed by atoms with Crippen molar-refractivity contribution in [3.63, 3.8) is 0 Å². The molecule has 2 aliphatic rings. The first-order valence-electron chi connectivity index (χ1n) is 8.75. The minimum atomic E-state index is -0.746. The highest BCUT2D eigenvalue weighted by molar-refractivity contribution is 8.01. The van der Waals surface area contributed by atoms with Crippen LogP contribution >= 0.6 is 11.8 Å². The molecular weight excluding hydrogens is 326 g/mol. The topological polar surface area (TPSA) is 71.3 Å². The molecular formula is C16H25N5O2S. The Morgan fingerprint density at radius 1 is 0.958 bits per heavy atom. The smallest absolute Gasteiger partial charge is 0.245 e. The summed E-state index contributed by atoms with van der Waals surface area (Å²) in [6.07, 6.45) is 7.98. The molecule has 0 unspecified atom stereocenters. The Morgan fingerprint density at radius 2 is 1.46 bits per heavy atom. The van der Waals surface area contributed by atoms with Gasteiger partial charge in [-0.05, 0) is 38.5 Å². The van der Waals surface area contributed by atoms with Crippen LogP contribution in [0.2, 0.25) is 0 Å². The number of rotatable bonds is 4. The predicted octanol–water partition coefficient (Wildman–Crippen LogP) is 1.30. The Bertz CT molecular complexity index is 549. The molecule has 0 aliphatic carbocycles. The first-order chi connectivity index (χ1) is 11.7. The zero-order chi connectivity index (χ0) is 16.9. The van der Waals surface area contributed by atoms with Gasteiger partial charge in [-0.3, -0.25) is 9.59 Å². The second-order valence-electron chi connectivity index (χ2n) is 6.49. The van der Waals surface area contributed by atoms with Gasteiger partial charge in [-0.2, -0.15) is 0 Å². The van der Waals surface area contributed by atoms with Crippen molar-refractivity contribution in [2.75, 3.05) is 26.2 Å². The highest BCUT2D eigenvalue weighted by Gasteiger charge is 2.36. The summed E-state index contributed by atoms with van der Waals surface area (Å²) in [6.45, 7) is 3.01. The summed E-state index contributed by atoms with van der Waals surface area (Å²) < 4.78 is 1.75. The monoisotopic (exact) mass is 351 g/mol. The highest BCUT2D eigenvalue weighted by Crippen LogP contribution is 2.26. The molecule has 2 aliphatic heterocycles. The van der Waals surface area contributed by atoms with Gasteiger partial charge >= 0.3 is 0 Å². The second kappa shape index (κ2) is 8.00. The fourth-order valence-electron chi connectivity index (χ4n) is 3.25. The van der Waals surface area contributed by atoms with Gasteiger partial charge in [0, 0.05) is 33.2 Å². The van der Waals surface area contributed by atoms with Crippen LogP contribution in [0, 0.1) is 0 Å². The first-order valence-corrected chi connectivity index (χ1v) is 9.63. The summed E-state index contributed by atoms with van der Waals surface area (Å²) in [6, 6.07) is 0. The van der Waals surface area contributed by atoms with E-state index in [1.807, 2.05) is 16.8 Å². The molecule has 3 heterocycles. The van der Waals surface area contributed by atoms with E-state index in [0.29, 0.717) is 5.16 Å². The molecule has 0 atom stereocenters. The average molecular weight is 351 g/mol. The lowest BCUT2D eigenvalue weighted by Crippen LogP contribution is -2.50. The number of aryl methyl sites for hydroxylation is 1. The quantitative estimate of drug-likeness (QED) is 0.604. The summed E-state index contributed by atoms with van der Waals surface area (Å²) in [5.41, 5.74) is 0. The van der Waals surface area contributed by atoms with Crippen LogP contribution < -0.4 is 0 Å². The number of carbonyl (C=O) groups excluding carboxylic acids is 2. The molecule has 24 heavy (non-hydrogen) atoms. The number of thioether (sulfide) groups is 1. The van der Waals surface area contributed by atoms with Crippen LogP contribution in [0.15, 0.2) is 11.5 Å². The van der Waals surface area contributed by atoms with Gasteiger partial charge in [-0.15, -0.1) is 10.2 Å². The number of amides is 2. The Hall–Kier alpha value is -1.57. The first kappa shape index (κ1) is 17.3. The number of aromatic nitrogens is 3. The van der Waals surface area contributed by atoms with Crippen LogP contribution in [0.25, 0.3) is 0 Å². The van der Waals surface area contributed by atoms with Crippen molar-refractivity contribution in [2.45, 2.75) is 48.9 Å². The summed E-state index contributed by atoms with van der Waals surface area (Å²) >= 11 is 1.23. The maximum absolute atomic E-state index is 13.0. The molecule has 8 heteroatoms. The maximum atomic E-state index is 13.0. The molecule has 1 aromatic rings. The van der Waals surface area contributed by atoms with Crippen molar-refractivity contribution in [1.29, 1.82) is 0 Å². The lowest BCUT2D eigenvalue weighted by atomic mass is 10.1. The van der Waals surface area contributed by atoms with Crippen LogP contribution in [0.1, 0.15) is 38.5 Å². The van der Waals surface area contributed by atoms with Crippen LogP contribution in [-0.2, 0) is 16.6 Å². The molecule has 0 N–H and O–H groups in total. The second-order valence-corrected chi connectivity index (χ2v) is 7.57. The van der Waals surface area contributed by atoms with Gasteiger partial charge in [0.05, 0.1) is 0 Å². The minimum Gasteiger partial charge on any atom is -0.341 e. The van der Waals surface area contributed by atoms with E-state index in [-0.39, 0.29) is 11.8 Å². The number of hydrogen-bond donors (Lipinski definition) is 0. The largest absolute Gasteiger partial charge is 0.341 e. The molecule has 132 valence electrons. The van der Waals surface area contributed by atoms with Gasteiger partial charge < -0.3 is 14.4 Å². The Morgan fingerprint density at radius 3 is 1.88 bits per heavy atom. The number of likely N-dealkylation sites (tertiary alicyclic amines) is 2. The van der Waals surface area contributed by atoms with Crippen molar-refractivity contribution in [2.24, 2.45) is 7.05 Å². The Labute approximate surface area is 146 Å². The van der Waals surface area contributed by atoms with Gasteiger partial charge in [-0.1, -0.05) is 11.8 Å². The van der Waals surface area contributed by atoms with Crippen molar-refractivity contribution in [3.8, 4) is 0 Å². The van der Waals surface area contributed by atoms with Gasteiger partial charge in [0.2, 0.25) is 11.8 Å². The number of carbonyl (C=O) groups is 2. The number of piperidine rings is 2. The highest BCUT2D eigenvalue weighted by atomic mass is 32.2. The van der Waals surface area contributed by atoms with Crippen molar-refractivity contribution >= 4 is 23.6 Å². The zero-order valence-corrected chi connectivity index (χ0v) is 15.0. The summed E-state index contributed by atoms with van der Waals surface area (Å²) in [7, 11) is 1.83. The minimum absolute atomic E-state index is 0.0710. The van der Waals surface area contributed by atoms with Gasteiger partial charge in [-0.25, -0.2) is 0 Å². The van der Waals surface area contributed by atoms with E-state index in [2.05, 4.69) is 10.2 Å². The summed E-state index contributed by atoms with van der Waals surface area (Å²) in [4.78, 5) is 29.7. The van der Waals surface area contributed by atoms with E-state index in [1.165, 1.54) is 11.8 Å². The molecule has 2 amide bonds. The van der Waals surface area contributed by atoms with Gasteiger partial charge in [0.15, 0.2) is 10.4 Å². The fraction of sp³-hybridized carbons (Fsp3) is 0.750. The van der Waals surface area contributed by atoms with E-state index in [9.17, 15) is 9.59 Å². The molecule has 0 aromatic carbocycles. The van der Waals surface area contributed by atoms with Crippen LogP contribution in [0.3, 0.4) is 0 Å². The zero-order valence-electron chi connectivity index (χ0n) is 14.2. The predicted molar refractivity (Wildman–Crippen MR) is 91.5 cm³/mol. The molecule has 2 saturated heterocycles. The lowest BCUT2D eigenvalue weighted by molar-refractivity contribution is -0.140. The van der Waals surface area contributed by atoms with Gasteiger partial charge in [0.1, 0.15) is 6.33 Å². The van der Waals surface area contributed by atoms with Crippen molar-refractivity contribution in [3.05, 3.63) is 6.33 Å². The molecule has 2 fully saturated rings. The van der Waals surface area contributed by atoms with Crippen LogP contribution in [0.4, 0.5) is 0 Å². The van der Waals surface area contributed by atoms with Crippen molar-refractivity contribution < 1.29 is 9.59 Å². The molecule has 7 nitrogen and oxygen atoms in total. The Kier molecular flexibility index (Phi) is 5.76. The third kappa shape index (κ3) is 3.91. The normalized spacial score (nSPS) is 18.9. The fourth-order valence-corrected chi connectivity index (χ4v) is 4.27. The van der Waals surface area contributed by atoms with Gasteiger partial charge in [0.25, 0.3) is 0 Å². The van der Waals surface area contributed by atoms with E-state index in [0.717, 1.165) is 64.7 Å². The maximum Gasteiger partial charge on any atom is 0.245 e. The van der Waals surface area contributed by atoms with E-state index >= 15 is 0 Å². The Balaban J connectivity index is 1.77. The SMILES string of the molecule is Cn1cnnc1SC(C(=O)N1CCCCC1)C(=O)N1CCCCC1. The molecule has 0 saturated carbocycles. The molecule has 1 aromatic heterocycles. The van der Waals surface area contributed by atoms with Crippen molar-refractivity contribution in [1.82, 2.24) is 24.6 Å². The van der Waals surface area contributed by atoms with Crippen LogP contribution in [0.5, 0.6) is 0 Å². The van der Waals surface area contributed by atoms with E-state index < -0.39 is 5.25 Å². The molecule has 0 radical (unpaired) electrons.